The van der Waals surface area contributed by atoms with E-state index in [-0.39, 0.29) is 24.6 Å². The van der Waals surface area contributed by atoms with E-state index in [2.05, 4.69) is 6.92 Å². The number of carbonyl (C=O) groups excluding carboxylic acids is 2. The minimum Gasteiger partial charge on any atom is -0.463 e. The lowest BCUT2D eigenvalue weighted by Gasteiger charge is -2.18. The molecule has 6 nitrogen and oxygen atoms in total. The molecule has 0 aromatic heterocycles. The zero-order valence-corrected chi connectivity index (χ0v) is 23.8. The van der Waals surface area contributed by atoms with E-state index in [0.717, 1.165) is 32.2 Å². The molecule has 0 N–H and O–H groups in total. The largest absolute Gasteiger partial charge is 0.508 e. The number of nitrogens with zero attached hydrogens (tertiary/aromatic N) is 1. The second-order valence-corrected chi connectivity index (χ2v) is 10.5. The maximum Gasteiger partial charge on any atom is 0.508 e. The summed E-state index contributed by atoms with van der Waals surface area (Å²) >= 11 is 0. The lowest BCUT2D eigenvalue weighted by molar-refractivity contribution is -0.148. The summed E-state index contributed by atoms with van der Waals surface area (Å²) in [5.41, 5.74) is 0. The summed E-state index contributed by atoms with van der Waals surface area (Å²) in [4.78, 5) is 26.1. The second kappa shape index (κ2) is 24.4. The van der Waals surface area contributed by atoms with Gasteiger partial charge in [0.1, 0.15) is 6.10 Å². The average molecular weight is 500 g/mol. The standard InChI is InChI=1S/C29H57NO5/c1-6-7-8-9-10-11-12-13-14-15-16-17-18-19-21-27(22-23-28(31)34-26(2)3)35-29(32)33-25-20-24-30(4)5/h26-27H,6-25H2,1-5H3. The predicted molar refractivity (Wildman–Crippen MR) is 145 cm³/mol. The maximum atomic E-state index is 12.1. The highest BCUT2D eigenvalue weighted by atomic mass is 16.7. The molecule has 0 radical (unpaired) electrons. The molecule has 208 valence electrons. The quantitative estimate of drug-likeness (QED) is 0.0988. The molecule has 0 amide bonds. The minimum absolute atomic E-state index is 0.130. The van der Waals surface area contributed by atoms with Gasteiger partial charge >= 0.3 is 12.1 Å². The molecule has 0 aliphatic carbocycles. The molecule has 1 atom stereocenters. The van der Waals surface area contributed by atoms with Gasteiger partial charge in [0.05, 0.1) is 12.7 Å². The fourth-order valence-electron chi connectivity index (χ4n) is 4.14. The first-order valence-electron chi connectivity index (χ1n) is 14.5. The number of rotatable bonds is 24. The topological polar surface area (TPSA) is 65.1 Å². The van der Waals surface area contributed by atoms with Crippen LogP contribution in [0.4, 0.5) is 4.79 Å². The van der Waals surface area contributed by atoms with Gasteiger partial charge in [-0.3, -0.25) is 4.79 Å². The zero-order valence-electron chi connectivity index (χ0n) is 23.8. The zero-order chi connectivity index (χ0) is 26.2. The Balaban J connectivity index is 3.99. The van der Waals surface area contributed by atoms with Crippen LogP contribution in [-0.4, -0.2) is 56.5 Å². The van der Waals surface area contributed by atoms with Gasteiger partial charge in [0.25, 0.3) is 0 Å². The molecule has 0 spiro atoms. The molecule has 1 unspecified atom stereocenters. The summed E-state index contributed by atoms with van der Waals surface area (Å²) in [5.74, 6) is -0.242. The molecule has 0 rings (SSSR count). The number of hydrogen-bond donors (Lipinski definition) is 0. The lowest BCUT2D eigenvalue weighted by atomic mass is 10.0. The monoisotopic (exact) mass is 499 g/mol. The van der Waals surface area contributed by atoms with Gasteiger partial charge < -0.3 is 19.1 Å². The van der Waals surface area contributed by atoms with Crippen LogP contribution in [0.2, 0.25) is 0 Å². The Hall–Kier alpha value is -1.30. The van der Waals surface area contributed by atoms with Crippen LogP contribution in [0.5, 0.6) is 0 Å². The van der Waals surface area contributed by atoms with Crippen LogP contribution in [0.3, 0.4) is 0 Å². The molecule has 0 aromatic carbocycles. The van der Waals surface area contributed by atoms with Crippen LogP contribution < -0.4 is 0 Å². The van der Waals surface area contributed by atoms with Gasteiger partial charge in [-0.25, -0.2) is 4.79 Å². The summed E-state index contributed by atoms with van der Waals surface area (Å²) in [5, 5.41) is 0. The van der Waals surface area contributed by atoms with Crippen molar-refractivity contribution in [3.05, 3.63) is 0 Å². The number of unbranched alkanes of at least 4 members (excludes halogenated alkanes) is 13. The molecule has 0 aromatic rings. The SMILES string of the molecule is CCCCCCCCCCCCCCCCC(CCC(=O)OC(C)C)OC(=O)OCCCN(C)C. The molecule has 0 bridgehead atoms. The van der Waals surface area contributed by atoms with Crippen molar-refractivity contribution in [3.8, 4) is 0 Å². The maximum absolute atomic E-state index is 12.1. The molecule has 0 saturated heterocycles. The summed E-state index contributed by atoms with van der Waals surface area (Å²) in [7, 11) is 3.97. The van der Waals surface area contributed by atoms with E-state index in [1.807, 2.05) is 32.8 Å². The van der Waals surface area contributed by atoms with E-state index >= 15 is 0 Å². The fraction of sp³-hybridized carbons (Fsp3) is 0.931. The third kappa shape index (κ3) is 25.6. The van der Waals surface area contributed by atoms with Crippen molar-refractivity contribution in [1.29, 1.82) is 0 Å². The fourth-order valence-corrected chi connectivity index (χ4v) is 4.14. The van der Waals surface area contributed by atoms with Crippen LogP contribution in [0.1, 0.15) is 136 Å². The highest BCUT2D eigenvalue weighted by Crippen LogP contribution is 2.17. The van der Waals surface area contributed by atoms with Crippen molar-refractivity contribution in [2.45, 2.75) is 149 Å². The normalized spacial score (nSPS) is 12.2. The Morgan fingerprint density at radius 3 is 1.69 bits per heavy atom. The molecule has 35 heavy (non-hydrogen) atoms. The third-order valence-corrected chi connectivity index (χ3v) is 6.15. The first-order chi connectivity index (χ1) is 16.8. The van der Waals surface area contributed by atoms with Crippen molar-refractivity contribution >= 4 is 12.1 Å². The van der Waals surface area contributed by atoms with Crippen molar-refractivity contribution in [3.63, 3.8) is 0 Å². The molecular weight excluding hydrogens is 442 g/mol. The van der Waals surface area contributed by atoms with Crippen LogP contribution in [0, 0.1) is 0 Å². The Morgan fingerprint density at radius 1 is 0.686 bits per heavy atom. The van der Waals surface area contributed by atoms with Gasteiger partial charge in [-0.1, -0.05) is 90.4 Å². The van der Waals surface area contributed by atoms with Gasteiger partial charge in [0.2, 0.25) is 0 Å². The van der Waals surface area contributed by atoms with Gasteiger partial charge in [-0.2, -0.15) is 0 Å². The van der Waals surface area contributed by atoms with Gasteiger partial charge in [-0.05, 0) is 53.6 Å². The molecule has 0 saturated carbocycles. The molecule has 6 heteroatoms. The van der Waals surface area contributed by atoms with E-state index in [1.165, 1.54) is 77.0 Å². The molecule has 0 aliphatic rings. The summed E-state index contributed by atoms with van der Waals surface area (Å²) in [6.07, 6.45) is 19.6. The summed E-state index contributed by atoms with van der Waals surface area (Å²) < 4.78 is 16.0. The van der Waals surface area contributed by atoms with E-state index in [0.29, 0.717) is 13.0 Å². The molecule has 0 fully saturated rings. The minimum atomic E-state index is -0.628. The van der Waals surface area contributed by atoms with Crippen molar-refractivity contribution in [2.24, 2.45) is 0 Å². The number of ether oxygens (including phenoxy) is 3. The summed E-state index contributed by atoms with van der Waals surface area (Å²) in [6, 6.07) is 0. The first-order valence-corrected chi connectivity index (χ1v) is 14.5. The molecular formula is C29H57NO5. The number of esters is 1. The summed E-state index contributed by atoms with van der Waals surface area (Å²) in [6.45, 7) is 7.15. The highest BCUT2D eigenvalue weighted by Gasteiger charge is 2.18. The first kappa shape index (κ1) is 33.7. The van der Waals surface area contributed by atoms with Crippen molar-refractivity contribution in [1.82, 2.24) is 4.90 Å². The van der Waals surface area contributed by atoms with Gasteiger partial charge in [-0.15, -0.1) is 0 Å². The Labute approximate surface area is 216 Å². The highest BCUT2D eigenvalue weighted by molar-refractivity contribution is 5.69. The second-order valence-electron chi connectivity index (χ2n) is 10.5. The third-order valence-electron chi connectivity index (χ3n) is 6.15. The Kier molecular flexibility index (Phi) is 23.5. The number of carbonyl (C=O) groups is 2. The van der Waals surface area contributed by atoms with Crippen LogP contribution in [-0.2, 0) is 19.0 Å². The smallest absolute Gasteiger partial charge is 0.463 e. The van der Waals surface area contributed by atoms with E-state index < -0.39 is 6.16 Å². The van der Waals surface area contributed by atoms with Crippen LogP contribution in [0.25, 0.3) is 0 Å². The molecule has 0 aliphatic heterocycles. The average Bonchev–Trinajstić information content (AvgIpc) is 2.79. The van der Waals surface area contributed by atoms with E-state index in [4.69, 9.17) is 14.2 Å². The molecule has 0 heterocycles. The van der Waals surface area contributed by atoms with Gasteiger partial charge in [0.15, 0.2) is 0 Å². The van der Waals surface area contributed by atoms with Crippen molar-refractivity contribution in [2.75, 3.05) is 27.2 Å². The van der Waals surface area contributed by atoms with Crippen LogP contribution >= 0.6 is 0 Å². The van der Waals surface area contributed by atoms with Crippen LogP contribution in [0.15, 0.2) is 0 Å². The van der Waals surface area contributed by atoms with E-state index in [1.54, 1.807) is 0 Å². The lowest BCUT2D eigenvalue weighted by Crippen LogP contribution is -2.22. The van der Waals surface area contributed by atoms with E-state index in [9.17, 15) is 9.59 Å². The Morgan fingerprint density at radius 2 is 1.20 bits per heavy atom. The number of hydrogen-bond acceptors (Lipinski definition) is 6. The Bertz CT molecular complexity index is 495. The van der Waals surface area contributed by atoms with Gasteiger partial charge in [0, 0.05) is 13.0 Å². The predicted octanol–water partition coefficient (Wildman–Crippen LogP) is 8.06. The van der Waals surface area contributed by atoms with Crippen molar-refractivity contribution < 1.29 is 23.8 Å².